The number of halogens is 2. The number of hydrogen-bond donors (Lipinski definition) is 2. The second-order valence-electron chi connectivity index (χ2n) is 5.09. The Kier molecular flexibility index (Phi) is 3.97. The van der Waals surface area contributed by atoms with Crippen LogP contribution in [0.1, 0.15) is 44.2 Å². The van der Waals surface area contributed by atoms with E-state index < -0.39 is 17.2 Å². The van der Waals surface area contributed by atoms with Gasteiger partial charge in [-0.05, 0) is 31.7 Å². The molecule has 1 saturated carbocycles. The van der Waals surface area contributed by atoms with E-state index in [1.54, 1.807) is 0 Å². The van der Waals surface area contributed by atoms with Crippen molar-refractivity contribution in [1.82, 2.24) is 5.32 Å². The van der Waals surface area contributed by atoms with Gasteiger partial charge in [0.15, 0.2) is 0 Å². The summed E-state index contributed by atoms with van der Waals surface area (Å²) < 4.78 is 26.5. The van der Waals surface area contributed by atoms with E-state index in [1.165, 1.54) is 12.1 Å². The summed E-state index contributed by atoms with van der Waals surface area (Å²) in [6.07, 6.45) is 3.32. The molecule has 2 N–H and O–H groups in total. The lowest BCUT2D eigenvalue weighted by molar-refractivity contribution is -0.0334. The van der Waals surface area contributed by atoms with Gasteiger partial charge < -0.3 is 10.4 Å². The molecular formula is C14H19F2NO. The summed E-state index contributed by atoms with van der Waals surface area (Å²) in [4.78, 5) is 0. The molecule has 0 spiro atoms. The Balaban J connectivity index is 2.03. The summed E-state index contributed by atoms with van der Waals surface area (Å²) in [6, 6.07) is 3.45. The lowest BCUT2D eigenvalue weighted by atomic mass is 9.80. The van der Waals surface area contributed by atoms with Crippen LogP contribution in [0.25, 0.3) is 0 Å². The van der Waals surface area contributed by atoms with Crippen LogP contribution in [0.15, 0.2) is 18.2 Å². The first kappa shape index (κ1) is 13.4. The molecule has 0 heterocycles. The quantitative estimate of drug-likeness (QED) is 0.848. The van der Waals surface area contributed by atoms with Gasteiger partial charge >= 0.3 is 0 Å². The molecule has 0 aromatic heterocycles. The minimum atomic E-state index is -0.635. The molecule has 0 radical (unpaired) electrons. The lowest BCUT2D eigenvalue weighted by Crippen LogP contribution is -2.47. The topological polar surface area (TPSA) is 32.3 Å². The number of nitrogens with one attached hydrogen (secondary N) is 1. The van der Waals surface area contributed by atoms with Crippen LogP contribution >= 0.6 is 0 Å². The molecular weight excluding hydrogens is 236 g/mol. The van der Waals surface area contributed by atoms with Crippen LogP contribution in [0, 0.1) is 11.6 Å². The maximum atomic E-state index is 13.7. The predicted octanol–water partition coefficient (Wildman–Crippen LogP) is 2.92. The summed E-state index contributed by atoms with van der Waals surface area (Å²) >= 11 is 0. The summed E-state index contributed by atoms with van der Waals surface area (Å²) in [5, 5.41) is 13.2. The molecule has 4 heteroatoms. The minimum absolute atomic E-state index is 0.185. The van der Waals surface area contributed by atoms with Crippen LogP contribution < -0.4 is 5.32 Å². The van der Waals surface area contributed by atoms with Gasteiger partial charge in [-0.15, -0.1) is 0 Å². The van der Waals surface area contributed by atoms with Crippen molar-refractivity contribution in [3.05, 3.63) is 35.4 Å². The summed E-state index contributed by atoms with van der Waals surface area (Å²) in [5.74, 6) is -1.10. The fourth-order valence-electron chi connectivity index (χ4n) is 2.33. The van der Waals surface area contributed by atoms with E-state index >= 15 is 0 Å². The van der Waals surface area contributed by atoms with Gasteiger partial charge in [-0.2, -0.15) is 0 Å². The monoisotopic (exact) mass is 255 g/mol. The van der Waals surface area contributed by atoms with Crippen molar-refractivity contribution >= 4 is 0 Å². The molecule has 1 unspecified atom stereocenters. The second-order valence-corrected chi connectivity index (χ2v) is 5.09. The fraction of sp³-hybridized carbons (Fsp3) is 0.571. The Morgan fingerprint density at radius 2 is 2.11 bits per heavy atom. The Morgan fingerprint density at radius 1 is 1.39 bits per heavy atom. The Bertz CT molecular complexity index is 418. The Hall–Kier alpha value is -1.00. The fourth-order valence-corrected chi connectivity index (χ4v) is 2.33. The van der Waals surface area contributed by atoms with Crippen LogP contribution in [0.2, 0.25) is 0 Å². The van der Waals surface area contributed by atoms with E-state index in [9.17, 15) is 13.9 Å². The second kappa shape index (κ2) is 5.33. The van der Waals surface area contributed by atoms with Gasteiger partial charge in [-0.3, -0.25) is 0 Å². The van der Waals surface area contributed by atoms with Crippen LogP contribution in [-0.2, 0) is 0 Å². The van der Waals surface area contributed by atoms with Gasteiger partial charge in [0, 0.05) is 24.2 Å². The molecule has 2 rings (SSSR count). The molecule has 2 nitrogen and oxygen atoms in total. The summed E-state index contributed by atoms with van der Waals surface area (Å²) in [7, 11) is 0. The first-order valence-corrected chi connectivity index (χ1v) is 6.45. The smallest absolute Gasteiger partial charge is 0.130 e. The first-order chi connectivity index (χ1) is 8.54. The van der Waals surface area contributed by atoms with Crippen molar-refractivity contribution in [2.24, 2.45) is 0 Å². The number of benzene rings is 1. The van der Waals surface area contributed by atoms with Gasteiger partial charge in [0.2, 0.25) is 0 Å². The largest absolute Gasteiger partial charge is 0.389 e. The standard InChI is InChI=1S/C14H19F2NO/c1-2-13(17-9-14(18)6-3-7-14)11-5-4-10(15)8-12(11)16/h4-5,8,13,17-18H,2-3,6-7,9H2,1H3. The molecule has 0 amide bonds. The predicted molar refractivity (Wildman–Crippen MR) is 66.2 cm³/mol. The third-order valence-corrected chi connectivity index (χ3v) is 3.71. The molecule has 0 bridgehead atoms. The van der Waals surface area contributed by atoms with Crippen LogP contribution in [-0.4, -0.2) is 17.3 Å². The van der Waals surface area contributed by atoms with Crippen molar-refractivity contribution in [2.45, 2.75) is 44.2 Å². The van der Waals surface area contributed by atoms with E-state index in [0.29, 0.717) is 18.5 Å². The highest BCUT2D eigenvalue weighted by Gasteiger charge is 2.34. The maximum absolute atomic E-state index is 13.7. The zero-order chi connectivity index (χ0) is 13.2. The molecule has 0 saturated heterocycles. The highest BCUT2D eigenvalue weighted by molar-refractivity contribution is 5.22. The number of rotatable bonds is 5. The lowest BCUT2D eigenvalue weighted by Gasteiger charge is -2.38. The molecule has 1 aliphatic carbocycles. The molecule has 100 valence electrons. The average Bonchev–Trinajstić information content (AvgIpc) is 2.29. The van der Waals surface area contributed by atoms with E-state index in [0.717, 1.165) is 25.3 Å². The van der Waals surface area contributed by atoms with Crippen molar-refractivity contribution in [1.29, 1.82) is 0 Å². The van der Waals surface area contributed by atoms with Crippen LogP contribution in [0.4, 0.5) is 8.78 Å². The molecule has 1 fully saturated rings. The van der Waals surface area contributed by atoms with Gasteiger partial charge in [0.05, 0.1) is 5.60 Å². The van der Waals surface area contributed by atoms with E-state index in [2.05, 4.69) is 5.32 Å². The number of hydrogen-bond acceptors (Lipinski definition) is 2. The van der Waals surface area contributed by atoms with E-state index in [-0.39, 0.29) is 6.04 Å². The SMILES string of the molecule is CCC(NCC1(O)CCC1)c1ccc(F)cc1F. The normalized spacial score (nSPS) is 19.3. The van der Waals surface area contributed by atoms with Gasteiger partial charge in [-0.25, -0.2) is 8.78 Å². The summed E-state index contributed by atoms with van der Waals surface area (Å²) in [5.41, 5.74) is -0.175. The van der Waals surface area contributed by atoms with Crippen LogP contribution in [0.3, 0.4) is 0 Å². The van der Waals surface area contributed by atoms with E-state index in [1.807, 2.05) is 6.92 Å². The molecule has 1 aliphatic rings. The molecule has 18 heavy (non-hydrogen) atoms. The third-order valence-electron chi connectivity index (χ3n) is 3.71. The minimum Gasteiger partial charge on any atom is -0.389 e. The highest BCUT2D eigenvalue weighted by atomic mass is 19.1. The van der Waals surface area contributed by atoms with E-state index in [4.69, 9.17) is 0 Å². The van der Waals surface area contributed by atoms with Gasteiger partial charge in [0.1, 0.15) is 11.6 Å². The molecule has 1 atom stereocenters. The van der Waals surface area contributed by atoms with Gasteiger partial charge in [0.25, 0.3) is 0 Å². The summed E-state index contributed by atoms with van der Waals surface area (Å²) in [6.45, 7) is 2.40. The van der Waals surface area contributed by atoms with Crippen molar-refractivity contribution in [3.63, 3.8) is 0 Å². The zero-order valence-corrected chi connectivity index (χ0v) is 10.5. The average molecular weight is 255 g/mol. The van der Waals surface area contributed by atoms with Crippen LogP contribution in [0.5, 0.6) is 0 Å². The Labute approximate surface area is 106 Å². The first-order valence-electron chi connectivity index (χ1n) is 6.45. The highest BCUT2D eigenvalue weighted by Crippen LogP contribution is 2.31. The zero-order valence-electron chi connectivity index (χ0n) is 10.5. The third kappa shape index (κ3) is 2.87. The maximum Gasteiger partial charge on any atom is 0.130 e. The Morgan fingerprint density at radius 3 is 2.61 bits per heavy atom. The molecule has 0 aliphatic heterocycles. The van der Waals surface area contributed by atoms with Crippen molar-refractivity contribution < 1.29 is 13.9 Å². The molecule has 1 aromatic rings. The van der Waals surface area contributed by atoms with Crippen molar-refractivity contribution in [2.75, 3.05) is 6.54 Å². The number of aliphatic hydroxyl groups is 1. The molecule has 1 aromatic carbocycles. The van der Waals surface area contributed by atoms with Crippen molar-refractivity contribution in [3.8, 4) is 0 Å². The van der Waals surface area contributed by atoms with Gasteiger partial charge in [-0.1, -0.05) is 13.0 Å².